The van der Waals surface area contributed by atoms with Crippen molar-refractivity contribution in [3.8, 4) is 0 Å². The van der Waals surface area contributed by atoms with E-state index < -0.39 is 0 Å². The fourth-order valence-electron chi connectivity index (χ4n) is 2.47. The number of nitrogens with one attached hydrogen (secondary N) is 1. The van der Waals surface area contributed by atoms with E-state index in [0.29, 0.717) is 0 Å². The van der Waals surface area contributed by atoms with Crippen molar-refractivity contribution in [3.63, 3.8) is 0 Å². The fourth-order valence-corrected chi connectivity index (χ4v) is 2.47. The number of hydrogen-bond acceptors (Lipinski definition) is 1. The molecule has 1 nitrogen and oxygen atoms in total. The summed E-state index contributed by atoms with van der Waals surface area (Å²) in [6.45, 7) is 11.6. The first-order valence-corrected chi connectivity index (χ1v) is 5.68. The predicted molar refractivity (Wildman–Crippen MR) is 58.9 cm³/mol. The highest BCUT2D eigenvalue weighted by Crippen LogP contribution is 2.29. The van der Waals surface area contributed by atoms with E-state index >= 15 is 0 Å². The minimum Gasteiger partial charge on any atom is -0.309 e. The van der Waals surface area contributed by atoms with Crippen molar-refractivity contribution in [1.82, 2.24) is 5.32 Å². The SMILES string of the molecule is CC1CCCC(C)C1NC(C)(C)C. The second kappa shape index (κ2) is 4.00. The zero-order valence-corrected chi connectivity index (χ0v) is 9.85. The second-order valence-electron chi connectivity index (χ2n) is 5.81. The third-order valence-corrected chi connectivity index (χ3v) is 3.14. The summed E-state index contributed by atoms with van der Waals surface area (Å²) in [6.07, 6.45) is 4.22. The van der Waals surface area contributed by atoms with Crippen LogP contribution in [0.5, 0.6) is 0 Å². The van der Waals surface area contributed by atoms with Gasteiger partial charge in [0.25, 0.3) is 0 Å². The Balaban J connectivity index is 2.54. The molecular formula is C12H25N. The molecular weight excluding hydrogens is 158 g/mol. The van der Waals surface area contributed by atoms with Crippen molar-refractivity contribution in [3.05, 3.63) is 0 Å². The molecule has 1 aliphatic carbocycles. The minimum atomic E-state index is 0.268. The lowest BCUT2D eigenvalue weighted by atomic mass is 9.78. The van der Waals surface area contributed by atoms with Crippen molar-refractivity contribution in [2.45, 2.75) is 65.5 Å². The molecule has 1 rings (SSSR count). The molecule has 1 fully saturated rings. The monoisotopic (exact) mass is 183 g/mol. The third-order valence-electron chi connectivity index (χ3n) is 3.14. The molecule has 0 radical (unpaired) electrons. The van der Waals surface area contributed by atoms with E-state index in [1.807, 2.05) is 0 Å². The number of hydrogen-bond donors (Lipinski definition) is 1. The van der Waals surface area contributed by atoms with Crippen LogP contribution in [0.15, 0.2) is 0 Å². The predicted octanol–water partition coefficient (Wildman–Crippen LogP) is 3.20. The van der Waals surface area contributed by atoms with E-state index in [9.17, 15) is 0 Å². The summed E-state index contributed by atoms with van der Waals surface area (Å²) >= 11 is 0. The number of rotatable bonds is 1. The molecule has 1 heteroatoms. The van der Waals surface area contributed by atoms with Crippen molar-refractivity contribution in [2.24, 2.45) is 11.8 Å². The van der Waals surface area contributed by atoms with E-state index in [-0.39, 0.29) is 5.54 Å². The van der Waals surface area contributed by atoms with Gasteiger partial charge in [-0.3, -0.25) is 0 Å². The van der Waals surface area contributed by atoms with Gasteiger partial charge in [0.15, 0.2) is 0 Å². The summed E-state index contributed by atoms with van der Waals surface area (Å²) < 4.78 is 0. The van der Waals surface area contributed by atoms with Crippen LogP contribution in [-0.4, -0.2) is 11.6 Å². The largest absolute Gasteiger partial charge is 0.309 e. The summed E-state index contributed by atoms with van der Waals surface area (Å²) in [7, 11) is 0. The molecule has 2 atom stereocenters. The maximum absolute atomic E-state index is 3.76. The molecule has 0 amide bonds. The molecule has 0 aliphatic heterocycles. The summed E-state index contributed by atoms with van der Waals surface area (Å²) in [5, 5.41) is 3.76. The fraction of sp³-hybridized carbons (Fsp3) is 1.00. The first-order chi connectivity index (χ1) is 5.90. The summed E-state index contributed by atoms with van der Waals surface area (Å²) in [6, 6.07) is 0.730. The quantitative estimate of drug-likeness (QED) is 0.658. The van der Waals surface area contributed by atoms with Gasteiger partial charge in [0.1, 0.15) is 0 Å². The lowest BCUT2D eigenvalue weighted by Gasteiger charge is -2.39. The van der Waals surface area contributed by atoms with Gasteiger partial charge in [-0.2, -0.15) is 0 Å². The van der Waals surface area contributed by atoms with Gasteiger partial charge in [-0.15, -0.1) is 0 Å². The average Bonchev–Trinajstić information content (AvgIpc) is 1.95. The molecule has 13 heavy (non-hydrogen) atoms. The van der Waals surface area contributed by atoms with Crippen molar-refractivity contribution in [1.29, 1.82) is 0 Å². The van der Waals surface area contributed by atoms with Crippen LogP contribution < -0.4 is 5.32 Å². The lowest BCUT2D eigenvalue weighted by Crippen LogP contribution is -2.51. The van der Waals surface area contributed by atoms with E-state index in [0.717, 1.165) is 17.9 Å². The molecule has 0 saturated heterocycles. The Hall–Kier alpha value is -0.0400. The van der Waals surface area contributed by atoms with Gasteiger partial charge < -0.3 is 5.32 Å². The van der Waals surface area contributed by atoms with Crippen molar-refractivity contribution >= 4 is 0 Å². The van der Waals surface area contributed by atoms with Gasteiger partial charge in [0.2, 0.25) is 0 Å². The topological polar surface area (TPSA) is 12.0 Å². The van der Waals surface area contributed by atoms with Crippen LogP contribution in [0.2, 0.25) is 0 Å². The van der Waals surface area contributed by atoms with Crippen LogP contribution in [0.1, 0.15) is 53.9 Å². The molecule has 2 unspecified atom stereocenters. The Morgan fingerprint density at radius 1 is 1.00 bits per heavy atom. The second-order valence-corrected chi connectivity index (χ2v) is 5.81. The maximum atomic E-state index is 3.76. The molecule has 1 aliphatic rings. The van der Waals surface area contributed by atoms with E-state index in [2.05, 4.69) is 39.9 Å². The Bertz CT molecular complexity index is 147. The third kappa shape index (κ3) is 3.30. The van der Waals surface area contributed by atoms with Gasteiger partial charge >= 0.3 is 0 Å². The zero-order valence-electron chi connectivity index (χ0n) is 9.85. The van der Waals surface area contributed by atoms with Crippen LogP contribution in [0.3, 0.4) is 0 Å². The van der Waals surface area contributed by atoms with Crippen LogP contribution in [-0.2, 0) is 0 Å². The Morgan fingerprint density at radius 3 is 1.85 bits per heavy atom. The highest BCUT2D eigenvalue weighted by molar-refractivity contribution is 4.87. The molecule has 0 aromatic rings. The molecule has 0 heterocycles. The summed E-state index contributed by atoms with van der Waals surface area (Å²) in [5.74, 6) is 1.70. The van der Waals surface area contributed by atoms with Gasteiger partial charge in [-0.05, 0) is 45.4 Å². The molecule has 0 spiro atoms. The van der Waals surface area contributed by atoms with Gasteiger partial charge in [-0.25, -0.2) is 0 Å². The Kier molecular flexibility index (Phi) is 3.39. The van der Waals surface area contributed by atoms with Crippen LogP contribution in [0.4, 0.5) is 0 Å². The van der Waals surface area contributed by atoms with E-state index in [4.69, 9.17) is 0 Å². The molecule has 1 saturated carbocycles. The van der Waals surface area contributed by atoms with Crippen molar-refractivity contribution < 1.29 is 0 Å². The summed E-state index contributed by atoms with van der Waals surface area (Å²) in [4.78, 5) is 0. The average molecular weight is 183 g/mol. The Morgan fingerprint density at radius 2 is 1.46 bits per heavy atom. The normalized spacial score (nSPS) is 36.2. The van der Waals surface area contributed by atoms with Crippen molar-refractivity contribution in [2.75, 3.05) is 0 Å². The standard InChI is InChI=1S/C12H25N/c1-9-7-6-8-10(2)11(9)13-12(3,4)5/h9-11,13H,6-8H2,1-5H3. The smallest absolute Gasteiger partial charge is 0.0123 e. The van der Waals surface area contributed by atoms with E-state index in [1.165, 1.54) is 19.3 Å². The molecule has 0 bridgehead atoms. The zero-order chi connectivity index (χ0) is 10.1. The van der Waals surface area contributed by atoms with Crippen LogP contribution in [0, 0.1) is 11.8 Å². The molecule has 0 aromatic carbocycles. The van der Waals surface area contributed by atoms with Gasteiger partial charge in [0, 0.05) is 11.6 Å². The maximum Gasteiger partial charge on any atom is 0.0123 e. The highest BCUT2D eigenvalue weighted by atomic mass is 15.0. The highest BCUT2D eigenvalue weighted by Gasteiger charge is 2.30. The molecule has 78 valence electrons. The van der Waals surface area contributed by atoms with Crippen LogP contribution in [0.25, 0.3) is 0 Å². The van der Waals surface area contributed by atoms with Crippen LogP contribution >= 0.6 is 0 Å². The molecule has 1 N–H and O–H groups in total. The Labute approximate surface area is 83.3 Å². The first kappa shape index (κ1) is 11.0. The lowest BCUT2D eigenvalue weighted by molar-refractivity contribution is 0.174. The summed E-state index contributed by atoms with van der Waals surface area (Å²) in [5.41, 5.74) is 0.268. The van der Waals surface area contributed by atoms with Gasteiger partial charge in [0.05, 0.1) is 0 Å². The molecule has 0 aromatic heterocycles. The first-order valence-electron chi connectivity index (χ1n) is 5.68. The minimum absolute atomic E-state index is 0.268. The van der Waals surface area contributed by atoms with E-state index in [1.54, 1.807) is 0 Å². The van der Waals surface area contributed by atoms with Gasteiger partial charge in [-0.1, -0.05) is 20.3 Å².